The van der Waals surface area contributed by atoms with E-state index in [4.69, 9.17) is 5.73 Å². The molecule has 5 nitrogen and oxygen atoms in total. The van der Waals surface area contributed by atoms with Crippen molar-refractivity contribution in [3.8, 4) is 0 Å². The molecule has 0 aliphatic carbocycles. The fraction of sp³-hybridized carbons (Fsp3) is 0.800. The van der Waals surface area contributed by atoms with Crippen LogP contribution >= 0.6 is 0 Å². The SMILES string of the molecule is CC(N=C(N)NC(C)(C)C)C(=O)N(C)C. The number of carbonyl (C=O) groups is 1. The van der Waals surface area contributed by atoms with Crippen LogP contribution in [0.1, 0.15) is 27.7 Å². The van der Waals surface area contributed by atoms with Crippen LogP contribution in [0.25, 0.3) is 0 Å². The average Bonchev–Trinajstić information content (AvgIpc) is 1.98. The molecule has 0 aliphatic rings. The van der Waals surface area contributed by atoms with Gasteiger partial charge in [-0.2, -0.15) is 0 Å². The molecule has 0 aliphatic heterocycles. The first-order chi connectivity index (χ1) is 6.63. The van der Waals surface area contributed by atoms with Crippen molar-refractivity contribution in [3.63, 3.8) is 0 Å². The van der Waals surface area contributed by atoms with E-state index in [2.05, 4.69) is 10.3 Å². The number of nitrogens with zero attached hydrogens (tertiary/aromatic N) is 2. The van der Waals surface area contributed by atoms with Crippen LogP contribution in [0.2, 0.25) is 0 Å². The lowest BCUT2D eigenvalue weighted by molar-refractivity contribution is -0.129. The Hall–Kier alpha value is -1.26. The molecule has 0 spiro atoms. The molecule has 0 aromatic carbocycles. The summed E-state index contributed by atoms with van der Waals surface area (Å²) in [5, 5.41) is 3.00. The number of hydrogen-bond acceptors (Lipinski definition) is 2. The van der Waals surface area contributed by atoms with Crippen molar-refractivity contribution in [3.05, 3.63) is 0 Å². The van der Waals surface area contributed by atoms with Crippen molar-refractivity contribution >= 4 is 11.9 Å². The Balaban J connectivity index is 4.42. The molecule has 0 aromatic rings. The second-order valence-electron chi connectivity index (χ2n) is 4.80. The normalized spacial score (nSPS) is 14.7. The highest BCUT2D eigenvalue weighted by molar-refractivity contribution is 5.86. The van der Waals surface area contributed by atoms with E-state index in [0.717, 1.165) is 0 Å². The number of nitrogens with one attached hydrogen (secondary N) is 1. The largest absolute Gasteiger partial charge is 0.370 e. The lowest BCUT2D eigenvalue weighted by Crippen LogP contribution is -2.46. The number of carbonyl (C=O) groups excluding carboxylic acids is 1. The Morgan fingerprint density at radius 2 is 1.87 bits per heavy atom. The van der Waals surface area contributed by atoms with E-state index in [-0.39, 0.29) is 11.4 Å². The van der Waals surface area contributed by atoms with Crippen molar-refractivity contribution in [1.29, 1.82) is 0 Å². The van der Waals surface area contributed by atoms with Gasteiger partial charge < -0.3 is 16.0 Å². The second-order valence-corrected chi connectivity index (χ2v) is 4.80. The molecular weight excluding hydrogens is 192 g/mol. The highest BCUT2D eigenvalue weighted by Gasteiger charge is 2.15. The van der Waals surface area contributed by atoms with Gasteiger partial charge in [-0.1, -0.05) is 0 Å². The second kappa shape index (κ2) is 5.00. The quantitative estimate of drug-likeness (QED) is 0.508. The Labute approximate surface area is 91.7 Å². The van der Waals surface area contributed by atoms with Gasteiger partial charge in [-0.3, -0.25) is 4.79 Å². The van der Waals surface area contributed by atoms with Crippen molar-refractivity contribution in [2.75, 3.05) is 14.1 Å². The number of nitrogens with two attached hydrogens (primary N) is 1. The molecule has 0 fully saturated rings. The van der Waals surface area contributed by atoms with Gasteiger partial charge >= 0.3 is 0 Å². The molecule has 1 amide bonds. The molecule has 0 bridgehead atoms. The Morgan fingerprint density at radius 3 is 2.20 bits per heavy atom. The van der Waals surface area contributed by atoms with Gasteiger partial charge in [0, 0.05) is 19.6 Å². The summed E-state index contributed by atoms with van der Waals surface area (Å²) in [5.74, 6) is 0.235. The predicted octanol–water partition coefficient (Wildman–Crippen LogP) is 0.166. The molecule has 15 heavy (non-hydrogen) atoms. The van der Waals surface area contributed by atoms with Crippen LogP contribution in [0.5, 0.6) is 0 Å². The van der Waals surface area contributed by atoms with Gasteiger partial charge in [-0.05, 0) is 27.7 Å². The zero-order valence-electron chi connectivity index (χ0n) is 10.5. The summed E-state index contributed by atoms with van der Waals surface area (Å²) in [6.45, 7) is 7.66. The summed E-state index contributed by atoms with van der Waals surface area (Å²) >= 11 is 0. The van der Waals surface area contributed by atoms with Crippen molar-refractivity contribution < 1.29 is 4.79 Å². The van der Waals surface area contributed by atoms with Gasteiger partial charge in [0.25, 0.3) is 0 Å². The third-order valence-corrected chi connectivity index (χ3v) is 1.63. The van der Waals surface area contributed by atoms with Gasteiger partial charge in [0.05, 0.1) is 0 Å². The number of guanidine groups is 1. The number of likely N-dealkylation sites (N-methyl/N-ethyl adjacent to an activating group) is 1. The summed E-state index contributed by atoms with van der Waals surface area (Å²) in [4.78, 5) is 17.1. The predicted molar refractivity (Wildman–Crippen MR) is 62.7 cm³/mol. The first-order valence-electron chi connectivity index (χ1n) is 4.96. The van der Waals surface area contributed by atoms with E-state index >= 15 is 0 Å². The number of aliphatic imine (C=N–C) groups is 1. The summed E-state index contributed by atoms with van der Waals surface area (Å²) in [6.07, 6.45) is 0. The molecule has 0 radical (unpaired) electrons. The van der Waals surface area contributed by atoms with Gasteiger partial charge in [-0.15, -0.1) is 0 Å². The highest BCUT2D eigenvalue weighted by Crippen LogP contribution is 1.99. The average molecular weight is 214 g/mol. The maximum atomic E-state index is 11.5. The molecule has 1 unspecified atom stereocenters. The van der Waals surface area contributed by atoms with Crippen LogP contribution in [0.15, 0.2) is 4.99 Å². The highest BCUT2D eigenvalue weighted by atomic mass is 16.2. The Bertz CT molecular complexity index is 253. The fourth-order valence-corrected chi connectivity index (χ4v) is 1.05. The zero-order chi connectivity index (χ0) is 12.2. The molecule has 3 N–H and O–H groups in total. The van der Waals surface area contributed by atoms with Crippen LogP contribution in [0.3, 0.4) is 0 Å². The van der Waals surface area contributed by atoms with Crippen LogP contribution in [0.4, 0.5) is 0 Å². The van der Waals surface area contributed by atoms with Crippen molar-refractivity contribution in [2.45, 2.75) is 39.3 Å². The third-order valence-electron chi connectivity index (χ3n) is 1.63. The minimum atomic E-state index is -0.449. The van der Waals surface area contributed by atoms with E-state index in [1.807, 2.05) is 20.8 Å². The first kappa shape index (κ1) is 13.7. The van der Waals surface area contributed by atoms with E-state index in [1.54, 1.807) is 21.0 Å². The Kier molecular flexibility index (Phi) is 4.58. The van der Waals surface area contributed by atoms with Crippen molar-refractivity contribution in [2.24, 2.45) is 10.7 Å². The fourth-order valence-electron chi connectivity index (χ4n) is 1.05. The van der Waals surface area contributed by atoms with Crippen LogP contribution < -0.4 is 11.1 Å². The number of rotatable bonds is 2. The van der Waals surface area contributed by atoms with Crippen molar-refractivity contribution in [1.82, 2.24) is 10.2 Å². The summed E-state index contributed by atoms with van der Waals surface area (Å²) in [7, 11) is 3.39. The number of hydrogen-bond donors (Lipinski definition) is 2. The molecular formula is C10H22N4O. The van der Waals surface area contributed by atoms with E-state index in [1.165, 1.54) is 4.90 Å². The number of amides is 1. The lowest BCUT2D eigenvalue weighted by Gasteiger charge is -2.22. The monoisotopic (exact) mass is 214 g/mol. The lowest BCUT2D eigenvalue weighted by atomic mass is 10.1. The summed E-state index contributed by atoms with van der Waals surface area (Å²) in [6, 6.07) is -0.449. The van der Waals surface area contributed by atoms with Crippen LogP contribution in [0, 0.1) is 0 Å². The summed E-state index contributed by atoms with van der Waals surface area (Å²) < 4.78 is 0. The van der Waals surface area contributed by atoms with Gasteiger partial charge in [0.2, 0.25) is 5.91 Å². The molecule has 0 saturated carbocycles. The maximum Gasteiger partial charge on any atom is 0.246 e. The third kappa shape index (κ3) is 5.93. The minimum Gasteiger partial charge on any atom is -0.370 e. The smallest absolute Gasteiger partial charge is 0.246 e. The molecule has 0 heterocycles. The molecule has 0 rings (SSSR count). The first-order valence-corrected chi connectivity index (χ1v) is 4.96. The van der Waals surface area contributed by atoms with E-state index in [9.17, 15) is 4.79 Å². The van der Waals surface area contributed by atoms with E-state index < -0.39 is 6.04 Å². The molecule has 88 valence electrons. The minimum absolute atomic E-state index is 0.0614. The van der Waals surface area contributed by atoms with E-state index in [0.29, 0.717) is 5.96 Å². The van der Waals surface area contributed by atoms with Crippen LogP contribution in [-0.4, -0.2) is 42.4 Å². The van der Waals surface area contributed by atoms with Gasteiger partial charge in [0.1, 0.15) is 6.04 Å². The van der Waals surface area contributed by atoms with Crippen LogP contribution in [-0.2, 0) is 4.79 Å². The summed E-state index contributed by atoms with van der Waals surface area (Å²) in [5.41, 5.74) is 5.52. The Morgan fingerprint density at radius 1 is 1.40 bits per heavy atom. The van der Waals surface area contributed by atoms with Gasteiger partial charge in [-0.25, -0.2) is 4.99 Å². The molecule has 0 saturated heterocycles. The molecule has 1 atom stereocenters. The maximum absolute atomic E-state index is 11.5. The topological polar surface area (TPSA) is 70.7 Å². The molecule has 5 heteroatoms. The molecule has 0 aromatic heterocycles. The van der Waals surface area contributed by atoms with Gasteiger partial charge in [0.15, 0.2) is 5.96 Å². The zero-order valence-corrected chi connectivity index (χ0v) is 10.5. The standard InChI is InChI=1S/C10H22N4O/c1-7(8(15)14(5)6)12-9(11)13-10(2,3)4/h7H,1-6H3,(H3,11,12,13).